The van der Waals surface area contributed by atoms with Crippen LogP contribution in [-0.4, -0.2) is 32.9 Å². The van der Waals surface area contributed by atoms with Crippen LogP contribution in [0.2, 0.25) is 0 Å². The molecule has 0 fully saturated rings. The van der Waals surface area contributed by atoms with Crippen LogP contribution in [0.15, 0.2) is 35.3 Å². The Balaban J connectivity index is 1.62. The van der Waals surface area contributed by atoms with E-state index in [9.17, 15) is 0 Å². The maximum atomic E-state index is 5.69. The van der Waals surface area contributed by atoms with Crippen LogP contribution in [0.1, 0.15) is 12.8 Å². The molecule has 21 heavy (non-hydrogen) atoms. The van der Waals surface area contributed by atoms with Crippen molar-refractivity contribution in [3.63, 3.8) is 0 Å². The van der Waals surface area contributed by atoms with Gasteiger partial charge < -0.3 is 14.5 Å². The fourth-order valence-electron chi connectivity index (χ4n) is 2.09. The summed E-state index contributed by atoms with van der Waals surface area (Å²) in [5.74, 6) is 1.43. The number of nitrogens with zero attached hydrogens (tertiary/aromatic N) is 4. The van der Waals surface area contributed by atoms with E-state index >= 15 is 0 Å². The summed E-state index contributed by atoms with van der Waals surface area (Å²) < 4.78 is 12.7. The summed E-state index contributed by atoms with van der Waals surface area (Å²) in [7, 11) is 1.63. The Labute approximate surface area is 121 Å². The molecular weight excluding hydrogens is 270 g/mol. The molecule has 1 N–H and O–H groups in total. The van der Waals surface area contributed by atoms with Gasteiger partial charge in [0.2, 0.25) is 5.89 Å². The minimum Gasteiger partial charge on any atom is -0.497 e. The van der Waals surface area contributed by atoms with Crippen molar-refractivity contribution in [2.45, 2.75) is 26.1 Å². The SMILES string of the molecule is COc1ccc2oc(CN[C@@H](C)Cn3cncn3)nc2c1. The highest BCUT2D eigenvalue weighted by Gasteiger charge is 2.09. The first-order chi connectivity index (χ1) is 10.2. The number of hydrogen-bond acceptors (Lipinski definition) is 6. The summed E-state index contributed by atoms with van der Waals surface area (Å²) in [6.45, 7) is 3.38. The molecule has 7 heteroatoms. The molecule has 3 aromatic rings. The van der Waals surface area contributed by atoms with Crippen LogP contribution in [0.5, 0.6) is 5.75 Å². The van der Waals surface area contributed by atoms with Crippen LogP contribution >= 0.6 is 0 Å². The van der Waals surface area contributed by atoms with Crippen molar-refractivity contribution in [1.82, 2.24) is 25.1 Å². The number of benzene rings is 1. The maximum Gasteiger partial charge on any atom is 0.209 e. The minimum atomic E-state index is 0.233. The van der Waals surface area contributed by atoms with Crippen molar-refractivity contribution in [3.8, 4) is 5.75 Å². The molecule has 2 heterocycles. The number of fused-ring (bicyclic) bond motifs is 1. The smallest absolute Gasteiger partial charge is 0.209 e. The van der Waals surface area contributed by atoms with Gasteiger partial charge >= 0.3 is 0 Å². The van der Waals surface area contributed by atoms with Crippen LogP contribution in [0, 0.1) is 0 Å². The van der Waals surface area contributed by atoms with E-state index in [2.05, 4.69) is 27.3 Å². The molecule has 0 aliphatic carbocycles. The predicted molar refractivity (Wildman–Crippen MR) is 76.9 cm³/mol. The van der Waals surface area contributed by atoms with Crippen LogP contribution in [-0.2, 0) is 13.1 Å². The van der Waals surface area contributed by atoms with Crippen LogP contribution < -0.4 is 10.1 Å². The summed E-state index contributed by atoms with van der Waals surface area (Å²) in [4.78, 5) is 8.37. The lowest BCUT2D eigenvalue weighted by Crippen LogP contribution is -2.30. The second-order valence-electron chi connectivity index (χ2n) is 4.84. The molecule has 0 spiro atoms. The Morgan fingerprint density at radius 3 is 3.10 bits per heavy atom. The van der Waals surface area contributed by atoms with E-state index in [0.717, 1.165) is 23.4 Å². The number of rotatable bonds is 6. The maximum absolute atomic E-state index is 5.69. The summed E-state index contributed by atoms with van der Waals surface area (Å²) in [6.07, 6.45) is 3.23. The quantitative estimate of drug-likeness (QED) is 0.742. The zero-order valence-corrected chi connectivity index (χ0v) is 12.0. The van der Waals surface area contributed by atoms with Crippen molar-refractivity contribution in [2.75, 3.05) is 7.11 Å². The lowest BCUT2D eigenvalue weighted by molar-refractivity contribution is 0.414. The Morgan fingerprint density at radius 1 is 1.43 bits per heavy atom. The monoisotopic (exact) mass is 287 g/mol. The molecule has 0 amide bonds. The van der Waals surface area contributed by atoms with Crippen LogP contribution in [0.3, 0.4) is 0 Å². The van der Waals surface area contributed by atoms with E-state index in [1.807, 2.05) is 18.2 Å². The second-order valence-corrected chi connectivity index (χ2v) is 4.84. The van der Waals surface area contributed by atoms with Crippen molar-refractivity contribution < 1.29 is 9.15 Å². The molecule has 0 aliphatic rings. The fraction of sp³-hybridized carbons (Fsp3) is 0.357. The zero-order chi connectivity index (χ0) is 14.7. The molecule has 0 bridgehead atoms. The second kappa shape index (κ2) is 5.92. The molecule has 1 aromatic carbocycles. The molecular formula is C14H17N5O2. The van der Waals surface area contributed by atoms with Gasteiger partial charge in [0.05, 0.1) is 20.2 Å². The minimum absolute atomic E-state index is 0.233. The molecule has 0 radical (unpaired) electrons. The Hall–Kier alpha value is -2.41. The Morgan fingerprint density at radius 2 is 2.33 bits per heavy atom. The largest absolute Gasteiger partial charge is 0.497 e. The molecule has 0 unspecified atom stereocenters. The first-order valence-electron chi connectivity index (χ1n) is 6.74. The van der Waals surface area contributed by atoms with Gasteiger partial charge in [-0.1, -0.05) is 0 Å². The number of oxazole rings is 1. The van der Waals surface area contributed by atoms with Crippen molar-refractivity contribution >= 4 is 11.1 Å². The van der Waals surface area contributed by atoms with Gasteiger partial charge in [-0.25, -0.2) is 9.97 Å². The lowest BCUT2D eigenvalue weighted by atomic mass is 10.3. The van der Waals surface area contributed by atoms with E-state index < -0.39 is 0 Å². The summed E-state index contributed by atoms with van der Waals surface area (Å²) in [5, 5.41) is 7.43. The molecule has 0 aliphatic heterocycles. The van der Waals surface area contributed by atoms with Gasteiger partial charge in [-0.05, 0) is 19.1 Å². The van der Waals surface area contributed by atoms with E-state index in [1.54, 1.807) is 18.1 Å². The van der Waals surface area contributed by atoms with Crippen molar-refractivity contribution in [2.24, 2.45) is 0 Å². The number of hydrogen-bond donors (Lipinski definition) is 1. The van der Waals surface area contributed by atoms with E-state index in [-0.39, 0.29) is 6.04 Å². The van der Waals surface area contributed by atoms with Gasteiger partial charge in [0.25, 0.3) is 0 Å². The number of nitrogens with one attached hydrogen (secondary N) is 1. The molecule has 1 atom stereocenters. The van der Waals surface area contributed by atoms with Gasteiger partial charge in [0, 0.05) is 12.1 Å². The highest BCUT2D eigenvalue weighted by Crippen LogP contribution is 2.21. The van der Waals surface area contributed by atoms with Gasteiger partial charge in [-0.3, -0.25) is 4.68 Å². The third kappa shape index (κ3) is 3.19. The first-order valence-corrected chi connectivity index (χ1v) is 6.74. The van der Waals surface area contributed by atoms with Gasteiger partial charge in [-0.2, -0.15) is 5.10 Å². The topological polar surface area (TPSA) is 78.0 Å². The molecule has 110 valence electrons. The summed E-state index contributed by atoms with van der Waals surface area (Å²) in [6, 6.07) is 5.82. The molecule has 0 saturated carbocycles. The Kier molecular flexibility index (Phi) is 3.83. The summed E-state index contributed by atoms with van der Waals surface area (Å²) >= 11 is 0. The molecule has 2 aromatic heterocycles. The zero-order valence-electron chi connectivity index (χ0n) is 12.0. The Bertz CT molecular complexity index is 707. The predicted octanol–water partition coefficient (Wildman–Crippen LogP) is 1.61. The highest BCUT2D eigenvalue weighted by atomic mass is 16.5. The van der Waals surface area contributed by atoms with Crippen LogP contribution in [0.4, 0.5) is 0 Å². The summed E-state index contributed by atoms with van der Waals surface area (Å²) in [5.41, 5.74) is 1.56. The van der Waals surface area contributed by atoms with E-state index in [4.69, 9.17) is 9.15 Å². The molecule has 7 nitrogen and oxygen atoms in total. The van der Waals surface area contributed by atoms with E-state index in [0.29, 0.717) is 12.4 Å². The van der Waals surface area contributed by atoms with Crippen molar-refractivity contribution in [3.05, 3.63) is 36.7 Å². The fourth-order valence-corrected chi connectivity index (χ4v) is 2.09. The average molecular weight is 287 g/mol. The number of ether oxygens (including phenoxy) is 1. The average Bonchev–Trinajstić information content (AvgIpc) is 3.12. The highest BCUT2D eigenvalue weighted by molar-refractivity contribution is 5.74. The van der Waals surface area contributed by atoms with E-state index in [1.165, 1.54) is 6.33 Å². The number of aromatic nitrogens is 4. The van der Waals surface area contributed by atoms with Crippen molar-refractivity contribution in [1.29, 1.82) is 0 Å². The standard InChI is InChI=1S/C14H17N5O2/c1-10(7-19-9-15-8-17-19)16-6-14-18-12-5-11(20-2)3-4-13(12)21-14/h3-5,8-10,16H,6-7H2,1-2H3/t10-/m0/s1. The van der Waals surface area contributed by atoms with Gasteiger partial charge in [0.1, 0.15) is 23.9 Å². The third-order valence-corrected chi connectivity index (χ3v) is 3.17. The third-order valence-electron chi connectivity index (χ3n) is 3.17. The molecule has 0 saturated heterocycles. The van der Waals surface area contributed by atoms with Gasteiger partial charge in [-0.15, -0.1) is 0 Å². The molecule has 3 rings (SSSR count). The normalized spacial score (nSPS) is 12.7. The first kappa shape index (κ1) is 13.6. The van der Waals surface area contributed by atoms with Gasteiger partial charge in [0.15, 0.2) is 5.58 Å². The lowest BCUT2D eigenvalue weighted by Gasteiger charge is -2.11. The van der Waals surface area contributed by atoms with Crippen LogP contribution in [0.25, 0.3) is 11.1 Å². The number of methoxy groups -OCH3 is 1.